The van der Waals surface area contributed by atoms with E-state index in [4.69, 9.17) is 18.9 Å². The fourth-order valence-electron chi connectivity index (χ4n) is 4.75. The average molecular weight is 523 g/mol. The van der Waals surface area contributed by atoms with Crippen LogP contribution < -0.4 is 24.3 Å². The number of rotatable bonds is 9. The van der Waals surface area contributed by atoms with Crippen LogP contribution in [-0.2, 0) is 11.3 Å². The molecule has 8 nitrogen and oxygen atoms in total. The summed E-state index contributed by atoms with van der Waals surface area (Å²) in [4.78, 5) is 28.6. The largest absolute Gasteiger partial charge is 0.497 e. The molecule has 1 fully saturated rings. The summed E-state index contributed by atoms with van der Waals surface area (Å²) in [6.07, 6.45) is 0. The summed E-state index contributed by atoms with van der Waals surface area (Å²) < 4.78 is 35.1. The molecule has 4 rings (SSSR count). The van der Waals surface area contributed by atoms with Crippen molar-refractivity contribution in [3.05, 3.63) is 83.2 Å². The lowest BCUT2D eigenvalue weighted by molar-refractivity contribution is -0.125. The van der Waals surface area contributed by atoms with Gasteiger partial charge in [0.1, 0.15) is 11.6 Å². The molecule has 2 amide bonds. The van der Waals surface area contributed by atoms with Crippen molar-refractivity contribution in [3.63, 3.8) is 0 Å². The van der Waals surface area contributed by atoms with Gasteiger partial charge in [0.15, 0.2) is 11.5 Å². The third kappa shape index (κ3) is 5.66. The highest BCUT2D eigenvalue weighted by molar-refractivity contribution is 5.95. The summed E-state index contributed by atoms with van der Waals surface area (Å²) in [7, 11) is 6.12. The van der Waals surface area contributed by atoms with Crippen molar-refractivity contribution in [1.82, 2.24) is 10.2 Å². The Morgan fingerprint density at radius 2 is 1.58 bits per heavy atom. The Morgan fingerprint density at radius 1 is 0.895 bits per heavy atom. The highest BCUT2D eigenvalue weighted by Crippen LogP contribution is 2.43. The first-order valence-corrected chi connectivity index (χ1v) is 12.1. The van der Waals surface area contributed by atoms with E-state index < -0.39 is 5.92 Å². The zero-order chi connectivity index (χ0) is 27.2. The maximum absolute atomic E-state index is 13.5. The van der Waals surface area contributed by atoms with E-state index in [1.54, 1.807) is 48.4 Å². The second-order valence-electron chi connectivity index (χ2n) is 8.96. The van der Waals surface area contributed by atoms with E-state index in [9.17, 15) is 14.0 Å². The van der Waals surface area contributed by atoms with Gasteiger partial charge < -0.3 is 29.2 Å². The Morgan fingerprint density at radius 3 is 2.18 bits per heavy atom. The number of nitrogens with one attached hydrogen (secondary N) is 1. The number of likely N-dealkylation sites (tertiary alicyclic amines) is 1. The fraction of sp³-hybridized carbons (Fsp3) is 0.310. The number of nitrogens with zero attached hydrogens (tertiary/aromatic N) is 1. The molecule has 9 heteroatoms. The summed E-state index contributed by atoms with van der Waals surface area (Å²) in [6, 6.07) is 16.5. The summed E-state index contributed by atoms with van der Waals surface area (Å²) in [5.41, 5.74) is 2.02. The number of amides is 2. The molecule has 1 heterocycles. The number of methoxy groups -OCH3 is 4. The minimum atomic E-state index is -0.548. The minimum Gasteiger partial charge on any atom is -0.497 e. The highest BCUT2D eigenvalue weighted by Gasteiger charge is 2.41. The first-order valence-electron chi connectivity index (χ1n) is 12.1. The lowest BCUT2D eigenvalue weighted by atomic mass is 9.87. The lowest BCUT2D eigenvalue weighted by Gasteiger charge is -2.21. The van der Waals surface area contributed by atoms with Gasteiger partial charge in [-0.2, -0.15) is 0 Å². The van der Waals surface area contributed by atoms with Crippen LogP contribution in [0.4, 0.5) is 4.39 Å². The average Bonchev–Trinajstić information content (AvgIpc) is 3.41. The van der Waals surface area contributed by atoms with Crippen molar-refractivity contribution < 1.29 is 32.9 Å². The van der Waals surface area contributed by atoms with Crippen LogP contribution in [-0.4, -0.2) is 58.2 Å². The Labute approximate surface area is 221 Å². The van der Waals surface area contributed by atoms with Gasteiger partial charge in [0.05, 0.1) is 34.4 Å². The number of halogens is 1. The van der Waals surface area contributed by atoms with Crippen molar-refractivity contribution in [2.45, 2.75) is 12.5 Å². The second-order valence-corrected chi connectivity index (χ2v) is 8.96. The van der Waals surface area contributed by atoms with Crippen LogP contribution in [0.15, 0.2) is 60.7 Å². The van der Waals surface area contributed by atoms with E-state index in [1.165, 1.54) is 33.5 Å². The summed E-state index contributed by atoms with van der Waals surface area (Å²) >= 11 is 0. The van der Waals surface area contributed by atoms with Crippen LogP contribution in [0.25, 0.3) is 0 Å². The molecule has 0 unspecified atom stereocenters. The molecule has 38 heavy (non-hydrogen) atoms. The Bertz CT molecular complexity index is 1270. The normalized spacial score (nSPS) is 16.6. The zero-order valence-electron chi connectivity index (χ0n) is 21.8. The van der Waals surface area contributed by atoms with Crippen LogP contribution in [0.2, 0.25) is 0 Å². The van der Waals surface area contributed by atoms with E-state index in [2.05, 4.69) is 5.32 Å². The van der Waals surface area contributed by atoms with Gasteiger partial charge in [-0.15, -0.1) is 0 Å². The van der Waals surface area contributed by atoms with Gasteiger partial charge in [-0.1, -0.05) is 18.2 Å². The maximum Gasteiger partial charge on any atom is 0.254 e. The lowest BCUT2D eigenvalue weighted by Crippen LogP contribution is -2.35. The van der Waals surface area contributed by atoms with Crippen molar-refractivity contribution in [2.24, 2.45) is 5.92 Å². The first-order chi connectivity index (χ1) is 18.4. The molecule has 2 atom stereocenters. The van der Waals surface area contributed by atoms with Crippen LogP contribution >= 0.6 is 0 Å². The van der Waals surface area contributed by atoms with Gasteiger partial charge >= 0.3 is 0 Å². The summed E-state index contributed by atoms with van der Waals surface area (Å²) in [5, 5.41) is 2.95. The Hall–Kier alpha value is -4.27. The number of carbonyl (C=O) groups excluding carboxylic acids is 2. The van der Waals surface area contributed by atoms with E-state index in [-0.39, 0.29) is 36.6 Å². The number of hydrogen-bond donors (Lipinski definition) is 1. The molecule has 3 aromatic rings. The quantitative estimate of drug-likeness (QED) is 0.457. The molecule has 3 aromatic carbocycles. The molecule has 200 valence electrons. The number of ether oxygens (including phenoxy) is 4. The van der Waals surface area contributed by atoms with E-state index >= 15 is 0 Å². The Balaban J connectivity index is 1.65. The van der Waals surface area contributed by atoms with E-state index in [0.29, 0.717) is 35.1 Å². The topological polar surface area (TPSA) is 86.3 Å². The van der Waals surface area contributed by atoms with Gasteiger partial charge in [-0.05, 0) is 53.6 Å². The van der Waals surface area contributed by atoms with Crippen LogP contribution in [0.5, 0.6) is 23.0 Å². The van der Waals surface area contributed by atoms with E-state index in [0.717, 1.165) is 11.1 Å². The fourth-order valence-corrected chi connectivity index (χ4v) is 4.75. The molecule has 0 radical (unpaired) electrons. The molecule has 1 aliphatic rings. The van der Waals surface area contributed by atoms with Crippen molar-refractivity contribution in [2.75, 3.05) is 41.5 Å². The van der Waals surface area contributed by atoms with Gasteiger partial charge in [-0.3, -0.25) is 9.59 Å². The maximum atomic E-state index is 13.5. The van der Waals surface area contributed by atoms with Crippen molar-refractivity contribution >= 4 is 11.8 Å². The van der Waals surface area contributed by atoms with Crippen LogP contribution in [0.1, 0.15) is 27.4 Å². The first kappa shape index (κ1) is 26.8. The molecule has 1 N–H and O–H groups in total. The molecule has 0 bridgehead atoms. The smallest absolute Gasteiger partial charge is 0.254 e. The molecule has 0 spiro atoms. The predicted octanol–water partition coefficient (Wildman–Crippen LogP) is 4.03. The van der Waals surface area contributed by atoms with Gasteiger partial charge in [0, 0.05) is 31.1 Å². The second kappa shape index (κ2) is 11.9. The monoisotopic (exact) mass is 522 g/mol. The molecule has 1 saturated heterocycles. The molecule has 1 aliphatic heterocycles. The van der Waals surface area contributed by atoms with Crippen LogP contribution in [0, 0.1) is 11.7 Å². The van der Waals surface area contributed by atoms with Gasteiger partial charge in [0.25, 0.3) is 5.91 Å². The molecular weight excluding hydrogens is 491 g/mol. The SMILES string of the molecule is COc1cccc(C(=O)N2C[C@H](c3cc(OC)c(OC)c(OC)c3)[C@H](C(=O)NCc3ccc(F)cc3)C2)c1. The predicted molar refractivity (Wildman–Crippen MR) is 139 cm³/mol. The van der Waals surface area contributed by atoms with Crippen molar-refractivity contribution in [1.29, 1.82) is 0 Å². The number of benzene rings is 3. The summed E-state index contributed by atoms with van der Waals surface area (Å²) in [5.74, 6) is 0.298. The molecule has 0 aromatic heterocycles. The third-order valence-corrected chi connectivity index (χ3v) is 6.76. The standard InChI is InChI=1S/C29H31FN2O6/c1-35-22-7-5-6-19(12-22)29(34)32-16-23(20-13-25(36-2)27(38-4)26(14-20)37-3)24(17-32)28(33)31-15-18-8-10-21(30)11-9-18/h5-14,23-24H,15-17H2,1-4H3,(H,31,33)/t23-,24-/m1/s1. The van der Waals surface area contributed by atoms with Crippen LogP contribution in [0.3, 0.4) is 0 Å². The van der Waals surface area contributed by atoms with Crippen molar-refractivity contribution in [3.8, 4) is 23.0 Å². The molecular formula is C29H31FN2O6. The third-order valence-electron chi connectivity index (χ3n) is 6.76. The Kier molecular flexibility index (Phi) is 8.35. The number of hydrogen-bond acceptors (Lipinski definition) is 6. The van der Waals surface area contributed by atoms with E-state index in [1.807, 2.05) is 12.1 Å². The zero-order valence-corrected chi connectivity index (χ0v) is 21.8. The van der Waals surface area contributed by atoms with Gasteiger partial charge in [-0.25, -0.2) is 4.39 Å². The minimum absolute atomic E-state index is 0.199. The number of carbonyl (C=O) groups is 2. The molecule has 0 aliphatic carbocycles. The van der Waals surface area contributed by atoms with Gasteiger partial charge in [0.2, 0.25) is 11.7 Å². The summed E-state index contributed by atoms with van der Waals surface area (Å²) in [6.45, 7) is 0.761. The molecule has 0 saturated carbocycles. The highest BCUT2D eigenvalue weighted by atomic mass is 19.1.